The van der Waals surface area contributed by atoms with Crippen LogP contribution < -0.4 is 4.74 Å². The Morgan fingerprint density at radius 3 is 2.54 bits per heavy atom. The number of alkyl halides is 3. The van der Waals surface area contributed by atoms with Crippen molar-refractivity contribution in [1.82, 2.24) is 9.88 Å². The van der Waals surface area contributed by atoms with Crippen molar-refractivity contribution >= 4 is 17.5 Å². The summed E-state index contributed by atoms with van der Waals surface area (Å²) in [7, 11) is 0. The second-order valence-electron chi connectivity index (χ2n) is 5.31. The number of nitrogens with zero attached hydrogens (tertiary/aromatic N) is 2. The van der Waals surface area contributed by atoms with Gasteiger partial charge < -0.3 is 9.64 Å². The van der Waals surface area contributed by atoms with Crippen molar-refractivity contribution in [3.05, 3.63) is 58.7 Å². The maximum atomic E-state index is 13.0. The van der Waals surface area contributed by atoms with Crippen molar-refractivity contribution in [3.63, 3.8) is 0 Å². The van der Waals surface area contributed by atoms with E-state index in [0.29, 0.717) is 10.9 Å². The summed E-state index contributed by atoms with van der Waals surface area (Å²) < 4.78 is 44.5. The van der Waals surface area contributed by atoms with Gasteiger partial charge in [-0.15, -0.1) is 0 Å². The average molecular weight is 357 g/mol. The number of carbonyl (C=O) groups is 1. The number of amides is 1. The van der Waals surface area contributed by atoms with E-state index in [4.69, 9.17) is 16.3 Å². The number of hydrogen-bond donors (Lipinski definition) is 0. The molecule has 1 aromatic carbocycles. The topological polar surface area (TPSA) is 42.4 Å². The van der Waals surface area contributed by atoms with Crippen molar-refractivity contribution < 1.29 is 22.7 Å². The summed E-state index contributed by atoms with van der Waals surface area (Å²) >= 11 is 5.72. The van der Waals surface area contributed by atoms with Gasteiger partial charge in [-0.05, 0) is 18.2 Å². The van der Waals surface area contributed by atoms with Gasteiger partial charge in [-0.2, -0.15) is 13.2 Å². The highest BCUT2D eigenvalue weighted by atomic mass is 35.5. The molecule has 1 aliphatic heterocycles. The number of pyridine rings is 1. The molecule has 8 heteroatoms. The van der Waals surface area contributed by atoms with Crippen molar-refractivity contribution in [2.24, 2.45) is 0 Å². The van der Waals surface area contributed by atoms with Gasteiger partial charge in [-0.1, -0.05) is 23.7 Å². The van der Waals surface area contributed by atoms with Crippen molar-refractivity contribution in [2.45, 2.75) is 12.3 Å². The lowest BCUT2D eigenvalue weighted by Gasteiger charge is -2.39. The molecule has 1 saturated heterocycles. The third kappa shape index (κ3) is 3.46. The van der Waals surface area contributed by atoms with Crippen molar-refractivity contribution in [3.8, 4) is 5.88 Å². The zero-order chi connectivity index (χ0) is 17.3. The number of rotatable bonds is 3. The van der Waals surface area contributed by atoms with E-state index in [1.807, 2.05) is 0 Å². The van der Waals surface area contributed by atoms with Crippen LogP contribution in [0.3, 0.4) is 0 Å². The fourth-order valence-electron chi connectivity index (χ4n) is 2.37. The molecular formula is C16H12ClF3N2O2. The van der Waals surface area contributed by atoms with Gasteiger partial charge >= 0.3 is 6.18 Å². The Balaban J connectivity index is 1.64. The normalized spacial score (nSPS) is 15.1. The highest BCUT2D eigenvalue weighted by Gasteiger charge is 2.39. The van der Waals surface area contributed by atoms with E-state index in [1.165, 1.54) is 29.3 Å². The van der Waals surface area contributed by atoms with E-state index < -0.39 is 17.6 Å². The molecule has 0 aliphatic carbocycles. The highest BCUT2D eigenvalue weighted by molar-refractivity contribution is 6.30. The number of ether oxygens (including phenoxy) is 1. The van der Waals surface area contributed by atoms with Gasteiger partial charge in [0.25, 0.3) is 5.91 Å². The Kier molecular flexibility index (Phi) is 4.36. The Labute approximate surface area is 140 Å². The SMILES string of the molecule is O=C(c1ccccc1C(F)(F)F)N1CC(Oc2ccc(Cl)cn2)C1. The minimum Gasteiger partial charge on any atom is -0.471 e. The minimum atomic E-state index is -4.57. The molecule has 1 fully saturated rings. The van der Waals surface area contributed by atoms with E-state index in [0.717, 1.165) is 6.07 Å². The van der Waals surface area contributed by atoms with Crippen LogP contribution in [0.15, 0.2) is 42.6 Å². The fraction of sp³-hybridized carbons (Fsp3) is 0.250. The third-order valence-electron chi connectivity index (χ3n) is 3.59. The van der Waals surface area contributed by atoms with Gasteiger partial charge in [0.2, 0.25) is 5.88 Å². The predicted molar refractivity (Wildman–Crippen MR) is 81.0 cm³/mol. The van der Waals surface area contributed by atoms with Crippen LogP contribution in [0.4, 0.5) is 13.2 Å². The van der Waals surface area contributed by atoms with E-state index in [9.17, 15) is 18.0 Å². The van der Waals surface area contributed by atoms with E-state index in [1.54, 1.807) is 12.1 Å². The number of benzene rings is 1. The molecule has 126 valence electrons. The number of hydrogen-bond acceptors (Lipinski definition) is 3. The smallest absolute Gasteiger partial charge is 0.417 e. The lowest BCUT2D eigenvalue weighted by Crippen LogP contribution is -2.56. The van der Waals surface area contributed by atoms with Crippen LogP contribution in [0, 0.1) is 0 Å². The van der Waals surface area contributed by atoms with Gasteiger partial charge in [0, 0.05) is 12.3 Å². The molecule has 0 spiro atoms. The number of halogens is 4. The molecule has 0 unspecified atom stereocenters. The fourth-order valence-corrected chi connectivity index (χ4v) is 2.48. The molecule has 2 aromatic rings. The molecule has 0 saturated carbocycles. The Morgan fingerprint density at radius 2 is 1.92 bits per heavy atom. The van der Waals surface area contributed by atoms with Crippen LogP contribution in [-0.2, 0) is 6.18 Å². The summed E-state index contributed by atoms with van der Waals surface area (Å²) in [5.41, 5.74) is -1.29. The van der Waals surface area contributed by atoms with Crippen LogP contribution in [-0.4, -0.2) is 35.0 Å². The number of aromatic nitrogens is 1. The lowest BCUT2D eigenvalue weighted by molar-refractivity contribution is -0.138. The first-order valence-corrected chi connectivity index (χ1v) is 7.46. The van der Waals surface area contributed by atoms with E-state index in [-0.39, 0.29) is 24.8 Å². The summed E-state index contributed by atoms with van der Waals surface area (Å²) in [4.78, 5) is 17.6. The lowest BCUT2D eigenvalue weighted by atomic mass is 10.0. The van der Waals surface area contributed by atoms with Gasteiger partial charge in [0.05, 0.1) is 29.2 Å². The van der Waals surface area contributed by atoms with Crippen molar-refractivity contribution in [1.29, 1.82) is 0 Å². The minimum absolute atomic E-state index is 0.204. The van der Waals surface area contributed by atoms with Crippen molar-refractivity contribution in [2.75, 3.05) is 13.1 Å². The third-order valence-corrected chi connectivity index (χ3v) is 3.81. The van der Waals surface area contributed by atoms with Gasteiger partial charge in [0.15, 0.2) is 0 Å². The molecule has 0 bridgehead atoms. The van der Waals surface area contributed by atoms with Crippen LogP contribution in [0.5, 0.6) is 5.88 Å². The molecule has 1 amide bonds. The van der Waals surface area contributed by atoms with E-state index in [2.05, 4.69) is 4.98 Å². The first kappa shape index (κ1) is 16.6. The molecule has 4 nitrogen and oxygen atoms in total. The van der Waals surface area contributed by atoms with Crippen LogP contribution in [0.1, 0.15) is 15.9 Å². The first-order valence-electron chi connectivity index (χ1n) is 7.08. The van der Waals surface area contributed by atoms with Crippen LogP contribution >= 0.6 is 11.6 Å². The second kappa shape index (κ2) is 6.32. The molecule has 0 atom stereocenters. The molecule has 2 heterocycles. The summed E-state index contributed by atoms with van der Waals surface area (Å²) in [6.07, 6.45) is -3.45. The maximum absolute atomic E-state index is 13.0. The standard InChI is InChI=1S/C16H12ClF3N2O2/c17-10-5-6-14(21-7-10)24-11-8-22(9-11)15(23)12-3-1-2-4-13(12)16(18,19)20/h1-7,11H,8-9H2. The monoisotopic (exact) mass is 356 g/mol. The quantitative estimate of drug-likeness (QED) is 0.843. The van der Waals surface area contributed by atoms with Crippen LogP contribution in [0.25, 0.3) is 0 Å². The maximum Gasteiger partial charge on any atom is 0.417 e. The largest absolute Gasteiger partial charge is 0.471 e. The molecule has 0 N–H and O–H groups in total. The second-order valence-corrected chi connectivity index (χ2v) is 5.74. The molecule has 3 rings (SSSR count). The number of carbonyl (C=O) groups excluding carboxylic acids is 1. The summed E-state index contributed by atoms with van der Waals surface area (Å²) in [6.45, 7) is 0.407. The summed E-state index contributed by atoms with van der Waals surface area (Å²) in [5, 5.41) is 0.469. The zero-order valence-corrected chi connectivity index (χ0v) is 13.0. The zero-order valence-electron chi connectivity index (χ0n) is 12.3. The summed E-state index contributed by atoms with van der Waals surface area (Å²) in [5.74, 6) is -0.306. The first-order chi connectivity index (χ1) is 11.3. The predicted octanol–water partition coefficient (Wildman–Crippen LogP) is 3.66. The van der Waals surface area contributed by atoms with Gasteiger partial charge in [-0.25, -0.2) is 4.98 Å². The molecular weight excluding hydrogens is 345 g/mol. The molecule has 24 heavy (non-hydrogen) atoms. The molecule has 0 radical (unpaired) electrons. The number of likely N-dealkylation sites (tertiary alicyclic amines) is 1. The highest BCUT2D eigenvalue weighted by Crippen LogP contribution is 2.33. The van der Waals surface area contributed by atoms with Crippen LogP contribution in [0.2, 0.25) is 5.02 Å². The average Bonchev–Trinajstić information content (AvgIpc) is 2.51. The molecule has 1 aromatic heterocycles. The Hall–Kier alpha value is -2.28. The van der Waals surface area contributed by atoms with Gasteiger partial charge in [-0.3, -0.25) is 4.79 Å². The Morgan fingerprint density at radius 1 is 1.21 bits per heavy atom. The van der Waals surface area contributed by atoms with Gasteiger partial charge in [0.1, 0.15) is 6.10 Å². The van der Waals surface area contributed by atoms with E-state index >= 15 is 0 Å². The molecule has 1 aliphatic rings. The Bertz CT molecular complexity index is 744. The summed E-state index contributed by atoms with van der Waals surface area (Å²) in [6, 6.07) is 7.96.